The van der Waals surface area contributed by atoms with Gasteiger partial charge in [-0.1, -0.05) is 25.5 Å². The number of carbonyl (C=O) groups excluding carboxylic acids is 3. The minimum Gasteiger partial charge on any atom is -0.444 e. The molecule has 2 fully saturated rings. The van der Waals surface area contributed by atoms with Gasteiger partial charge in [-0.3, -0.25) is 9.88 Å². The van der Waals surface area contributed by atoms with Crippen molar-refractivity contribution in [3.05, 3.63) is 54.4 Å². The van der Waals surface area contributed by atoms with Gasteiger partial charge >= 0.3 is 16.3 Å². The van der Waals surface area contributed by atoms with Crippen molar-refractivity contribution in [1.29, 1.82) is 0 Å². The maximum atomic E-state index is 12.7. The molecular formula is C32H49F5N6O5S. The lowest BCUT2D eigenvalue weighted by Crippen LogP contribution is -2.51. The minimum atomic E-state index is -9.70. The van der Waals surface area contributed by atoms with E-state index >= 15 is 0 Å². The molecule has 3 atom stereocenters. The van der Waals surface area contributed by atoms with Crippen LogP contribution in [0.2, 0.25) is 0 Å². The fourth-order valence-electron chi connectivity index (χ4n) is 4.81. The monoisotopic (exact) mass is 724 g/mol. The number of benzene rings is 1. The fraction of sp³-hybridized carbons (Fsp3) is 0.562. The standard InChI is InChI=1S/C14H13F5N2OS.C12H25N3O2.C6H11NO2/c1-21(14(10-22)11-3-2-8-20-9-11)12-4-6-13(7-5-12)23(15,16,17,18)19;1-12(2,3)17-11(16)15-9-7-14(8-10-15)6-5-13-4;1-9-6-2-5(4-8)7-3-6/h2-10,14H,1H3;13H,5-10H2,1-4H3;4-7H,2-3H2,1H3. The molecule has 2 aromatic rings. The molecule has 1 aromatic carbocycles. The molecule has 0 saturated carbocycles. The highest BCUT2D eigenvalue weighted by Gasteiger charge is 2.65. The lowest BCUT2D eigenvalue weighted by Gasteiger charge is -2.40. The molecule has 17 heteroatoms. The summed E-state index contributed by atoms with van der Waals surface area (Å²) >= 11 is 0. The molecular weight excluding hydrogens is 675 g/mol. The predicted molar refractivity (Wildman–Crippen MR) is 181 cm³/mol. The Hall–Kier alpha value is -3.38. The molecule has 1 aromatic heterocycles. The SMILES string of the molecule is CN(c1ccc(S(F)(F)(F)(F)F)cc1)C(C=O)c1cccnc1.CNCCN1CCN(C(=O)OC(C)(C)C)CC1.COC1CNC(C=O)C1. The average Bonchev–Trinajstić information content (AvgIpc) is 3.52. The maximum Gasteiger partial charge on any atom is 0.410 e. The van der Waals surface area contributed by atoms with Crippen molar-refractivity contribution in [1.82, 2.24) is 25.4 Å². The van der Waals surface area contributed by atoms with Crippen LogP contribution in [0.1, 0.15) is 38.8 Å². The number of hydrogen-bond donors (Lipinski definition) is 2. The van der Waals surface area contributed by atoms with E-state index in [9.17, 15) is 33.8 Å². The van der Waals surface area contributed by atoms with Gasteiger partial charge in [0.2, 0.25) is 0 Å². The van der Waals surface area contributed by atoms with E-state index < -0.39 is 26.8 Å². The Labute approximate surface area is 285 Å². The van der Waals surface area contributed by atoms with Gasteiger partial charge in [0.25, 0.3) is 0 Å². The quantitative estimate of drug-likeness (QED) is 0.243. The van der Waals surface area contributed by atoms with Gasteiger partial charge in [-0.15, -0.1) is 0 Å². The Bertz CT molecular complexity index is 1330. The molecule has 3 heterocycles. The molecule has 2 aliphatic rings. The van der Waals surface area contributed by atoms with Crippen molar-refractivity contribution in [2.75, 3.05) is 71.9 Å². The molecule has 2 aliphatic heterocycles. The van der Waals surface area contributed by atoms with E-state index in [1.165, 1.54) is 24.3 Å². The normalized spacial score (nSPS) is 20.3. The summed E-state index contributed by atoms with van der Waals surface area (Å²) in [7, 11) is -4.60. The summed E-state index contributed by atoms with van der Waals surface area (Å²) in [6.45, 7) is 11.9. The van der Waals surface area contributed by atoms with Crippen LogP contribution < -0.4 is 15.5 Å². The van der Waals surface area contributed by atoms with E-state index in [0.29, 0.717) is 24.0 Å². The van der Waals surface area contributed by atoms with Crippen LogP contribution in [0.5, 0.6) is 0 Å². The highest BCUT2D eigenvalue weighted by Crippen LogP contribution is 3.02. The van der Waals surface area contributed by atoms with Crippen LogP contribution in [0.25, 0.3) is 0 Å². The first-order valence-electron chi connectivity index (χ1n) is 15.7. The number of ether oxygens (including phenoxy) is 2. The molecule has 3 unspecified atom stereocenters. The Morgan fingerprint density at radius 1 is 1.10 bits per heavy atom. The van der Waals surface area contributed by atoms with Crippen LogP contribution in [-0.2, 0) is 19.1 Å². The van der Waals surface area contributed by atoms with Crippen molar-refractivity contribution in [2.45, 2.75) is 55.9 Å². The molecule has 0 spiro atoms. The number of pyridine rings is 1. The van der Waals surface area contributed by atoms with Gasteiger partial charge in [0.05, 0.1) is 12.1 Å². The van der Waals surface area contributed by atoms with Crippen molar-refractivity contribution in [3.63, 3.8) is 0 Å². The first kappa shape index (κ1) is 41.8. The van der Waals surface area contributed by atoms with Gasteiger partial charge in [-0.2, -0.15) is 0 Å². The van der Waals surface area contributed by atoms with Gasteiger partial charge in [0, 0.05) is 78.1 Å². The molecule has 0 bridgehead atoms. The van der Waals surface area contributed by atoms with Gasteiger partial charge in [0.1, 0.15) is 29.1 Å². The molecule has 49 heavy (non-hydrogen) atoms. The second-order valence-corrected chi connectivity index (χ2v) is 15.0. The third-order valence-corrected chi connectivity index (χ3v) is 8.75. The van der Waals surface area contributed by atoms with Gasteiger partial charge in [-0.05, 0) is 70.1 Å². The topological polar surface area (TPSA) is 116 Å². The number of hydrogen-bond acceptors (Lipinski definition) is 10. The summed E-state index contributed by atoms with van der Waals surface area (Å²) in [5.74, 6) is 0. The lowest BCUT2D eigenvalue weighted by molar-refractivity contribution is -0.110. The van der Waals surface area contributed by atoms with Crippen LogP contribution in [0.15, 0.2) is 53.7 Å². The molecule has 0 radical (unpaired) electrons. The van der Waals surface area contributed by atoms with E-state index in [1.807, 2.05) is 27.8 Å². The number of nitrogens with one attached hydrogen (secondary N) is 2. The van der Waals surface area contributed by atoms with Crippen LogP contribution in [0.3, 0.4) is 0 Å². The number of rotatable bonds is 10. The third kappa shape index (κ3) is 14.6. The molecule has 11 nitrogen and oxygen atoms in total. The number of anilines is 1. The number of aldehydes is 2. The summed E-state index contributed by atoms with van der Waals surface area (Å²) in [6.07, 6.45) is 5.34. The van der Waals surface area contributed by atoms with E-state index in [2.05, 4.69) is 20.5 Å². The van der Waals surface area contributed by atoms with Crippen LogP contribution >= 0.6 is 10.2 Å². The van der Waals surface area contributed by atoms with Gasteiger partial charge in [-0.25, -0.2) is 4.79 Å². The molecule has 278 valence electrons. The summed E-state index contributed by atoms with van der Waals surface area (Å²) in [5, 5.41) is 6.15. The van der Waals surface area contributed by atoms with Gasteiger partial charge in [0.15, 0.2) is 0 Å². The summed E-state index contributed by atoms with van der Waals surface area (Å²) < 4.78 is 73.8. The molecule has 1 amide bonds. The van der Waals surface area contributed by atoms with Crippen LogP contribution in [-0.4, -0.2) is 118 Å². The van der Waals surface area contributed by atoms with E-state index in [1.54, 1.807) is 24.1 Å². The van der Waals surface area contributed by atoms with Crippen molar-refractivity contribution >= 4 is 34.6 Å². The smallest absolute Gasteiger partial charge is 0.410 e. The van der Waals surface area contributed by atoms with Crippen LogP contribution in [0, 0.1) is 0 Å². The number of piperazine rings is 1. The summed E-state index contributed by atoms with van der Waals surface area (Å²) in [4.78, 5) is 40.7. The van der Waals surface area contributed by atoms with Crippen molar-refractivity contribution in [3.8, 4) is 0 Å². The second-order valence-electron chi connectivity index (χ2n) is 12.6. The Morgan fingerprint density at radius 3 is 2.16 bits per heavy atom. The van der Waals surface area contributed by atoms with E-state index in [-0.39, 0.29) is 23.9 Å². The molecule has 4 rings (SSSR count). The van der Waals surface area contributed by atoms with Crippen molar-refractivity contribution < 1.29 is 43.3 Å². The minimum absolute atomic E-state index is 0.0231. The number of likely N-dealkylation sites (N-methyl/N-ethyl adjacent to an activating group) is 2. The third-order valence-electron chi connectivity index (χ3n) is 7.59. The maximum absolute atomic E-state index is 12.7. The first-order chi connectivity index (χ1) is 22.7. The van der Waals surface area contributed by atoms with Crippen molar-refractivity contribution in [2.24, 2.45) is 0 Å². The fourth-order valence-corrected chi connectivity index (χ4v) is 5.46. The second kappa shape index (κ2) is 17.0. The molecule has 2 saturated heterocycles. The number of amides is 1. The zero-order valence-electron chi connectivity index (χ0n) is 28.8. The Kier molecular flexibility index (Phi) is 14.5. The van der Waals surface area contributed by atoms with E-state index in [4.69, 9.17) is 9.47 Å². The number of aromatic nitrogens is 1. The first-order valence-corrected chi connectivity index (χ1v) is 17.6. The van der Waals surface area contributed by atoms with Gasteiger partial charge < -0.3 is 39.5 Å². The molecule has 0 aliphatic carbocycles. The largest absolute Gasteiger partial charge is 0.444 e. The predicted octanol–water partition coefficient (Wildman–Crippen LogP) is 5.44. The summed E-state index contributed by atoms with van der Waals surface area (Å²) in [6, 6.07) is 4.91. The highest BCUT2D eigenvalue weighted by atomic mass is 32.5. The number of nitrogens with zero attached hydrogens (tertiary/aromatic N) is 4. The zero-order chi connectivity index (χ0) is 36.9. The molecule has 2 N–H and O–H groups in total. The highest BCUT2D eigenvalue weighted by molar-refractivity contribution is 8.45. The van der Waals surface area contributed by atoms with E-state index in [0.717, 1.165) is 70.7 Å². The number of methoxy groups -OCH3 is 1. The Morgan fingerprint density at radius 2 is 1.73 bits per heavy atom. The zero-order valence-corrected chi connectivity index (χ0v) is 29.6. The number of carbonyl (C=O) groups is 3. The number of halogens is 5. The Balaban J connectivity index is 0.000000280. The average molecular weight is 725 g/mol. The lowest BCUT2D eigenvalue weighted by atomic mass is 10.1. The van der Waals surface area contributed by atoms with Crippen LogP contribution in [0.4, 0.5) is 29.9 Å². The summed E-state index contributed by atoms with van der Waals surface area (Å²) in [5.41, 5.74) is 0.318.